The monoisotopic (exact) mass is 384 g/mol. The van der Waals surface area contributed by atoms with Gasteiger partial charge in [-0.05, 0) is 12.5 Å². The van der Waals surface area contributed by atoms with Gasteiger partial charge >= 0.3 is 0 Å². The number of hydrogen-bond donors (Lipinski definition) is 2. The molecule has 138 valence electrons. The van der Waals surface area contributed by atoms with Crippen LogP contribution in [0.4, 0.5) is 11.4 Å². The van der Waals surface area contributed by atoms with Crippen LogP contribution in [0, 0.1) is 17.0 Å². The minimum absolute atomic E-state index is 0.0340. The van der Waals surface area contributed by atoms with Crippen LogP contribution in [0.15, 0.2) is 53.7 Å². The minimum Gasteiger partial charge on any atom is -0.335 e. The quantitative estimate of drug-likeness (QED) is 0.289. The van der Waals surface area contributed by atoms with Gasteiger partial charge in [-0.1, -0.05) is 48.2 Å². The van der Waals surface area contributed by atoms with Crippen molar-refractivity contribution in [3.63, 3.8) is 0 Å². The lowest BCUT2D eigenvalue weighted by Crippen LogP contribution is -2.17. The molecule has 27 heavy (non-hydrogen) atoms. The van der Waals surface area contributed by atoms with Crippen molar-refractivity contribution in [2.24, 2.45) is 0 Å². The Balaban J connectivity index is 1.66. The summed E-state index contributed by atoms with van der Waals surface area (Å²) < 4.78 is 1.33. The van der Waals surface area contributed by atoms with Crippen LogP contribution in [-0.2, 0) is 4.79 Å². The predicted octanol–water partition coefficient (Wildman–Crippen LogP) is 2.61. The van der Waals surface area contributed by atoms with E-state index in [2.05, 4.69) is 15.5 Å². The van der Waals surface area contributed by atoms with E-state index in [0.717, 1.165) is 22.9 Å². The lowest BCUT2D eigenvalue weighted by molar-refractivity contribution is -0.384. The number of rotatable bonds is 6. The number of aromatic nitrogens is 3. The molecule has 0 saturated carbocycles. The molecule has 1 heterocycles. The number of nitrogens with one attached hydrogen (secondary N) is 1. The van der Waals surface area contributed by atoms with Gasteiger partial charge < -0.3 is 11.2 Å². The zero-order valence-electron chi connectivity index (χ0n) is 14.3. The Hall–Kier alpha value is -3.40. The number of carbonyl (C=O) groups excluding carboxylic acids is 1. The molecule has 0 spiro atoms. The summed E-state index contributed by atoms with van der Waals surface area (Å²) in [5.74, 6) is 6.22. The standard InChI is InChI=1S/C17H16N6O3S/c1-11-7-8-13(23(25)26)9-14(11)19-15(24)10-27-17-21-20-16(22(17)18)12-5-3-2-4-6-12/h2-9H,10,18H2,1H3,(H,19,24). The molecule has 2 aromatic carbocycles. The van der Waals surface area contributed by atoms with E-state index >= 15 is 0 Å². The second-order valence-electron chi connectivity index (χ2n) is 5.64. The Kier molecular flexibility index (Phi) is 5.36. The number of anilines is 1. The van der Waals surface area contributed by atoms with Crippen molar-refractivity contribution in [1.82, 2.24) is 14.9 Å². The van der Waals surface area contributed by atoms with Gasteiger partial charge in [-0.15, -0.1) is 10.2 Å². The van der Waals surface area contributed by atoms with E-state index in [0.29, 0.717) is 16.7 Å². The van der Waals surface area contributed by atoms with E-state index in [9.17, 15) is 14.9 Å². The molecule has 3 N–H and O–H groups in total. The summed E-state index contributed by atoms with van der Waals surface area (Å²) in [5, 5.41) is 22.0. The first-order chi connectivity index (χ1) is 13.0. The van der Waals surface area contributed by atoms with Gasteiger partial charge in [-0.3, -0.25) is 14.9 Å². The lowest BCUT2D eigenvalue weighted by Gasteiger charge is -2.08. The third-order valence-corrected chi connectivity index (χ3v) is 4.68. The zero-order valence-corrected chi connectivity index (χ0v) is 15.1. The Morgan fingerprint density at radius 3 is 2.70 bits per heavy atom. The fourth-order valence-corrected chi connectivity index (χ4v) is 2.99. The van der Waals surface area contributed by atoms with Crippen LogP contribution in [0.5, 0.6) is 0 Å². The lowest BCUT2D eigenvalue weighted by atomic mass is 10.2. The maximum atomic E-state index is 12.2. The number of carbonyl (C=O) groups is 1. The summed E-state index contributed by atoms with van der Waals surface area (Å²) in [7, 11) is 0. The zero-order chi connectivity index (χ0) is 19.4. The molecule has 0 unspecified atom stereocenters. The summed E-state index contributed by atoms with van der Waals surface area (Å²) in [6.07, 6.45) is 0. The number of hydrogen-bond acceptors (Lipinski definition) is 7. The first-order valence-electron chi connectivity index (χ1n) is 7.89. The van der Waals surface area contributed by atoms with E-state index in [1.807, 2.05) is 30.3 Å². The highest BCUT2D eigenvalue weighted by Crippen LogP contribution is 2.24. The second-order valence-corrected chi connectivity index (χ2v) is 6.58. The van der Waals surface area contributed by atoms with Crippen molar-refractivity contribution >= 4 is 29.0 Å². The molecule has 0 bridgehead atoms. The van der Waals surface area contributed by atoms with Crippen molar-refractivity contribution in [1.29, 1.82) is 0 Å². The molecule has 9 nitrogen and oxygen atoms in total. The summed E-state index contributed by atoms with van der Waals surface area (Å²) in [6.45, 7) is 1.76. The topological polar surface area (TPSA) is 129 Å². The van der Waals surface area contributed by atoms with Gasteiger partial charge in [-0.25, -0.2) is 4.68 Å². The highest BCUT2D eigenvalue weighted by Gasteiger charge is 2.15. The average molecular weight is 384 g/mol. The van der Waals surface area contributed by atoms with Crippen LogP contribution in [0.25, 0.3) is 11.4 Å². The van der Waals surface area contributed by atoms with Gasteiger partial charge in [0.25, 0.3) is 5.69 Å². The number of amides is 1. The highest BCUT2D eigenvalue weighted by molar-refractivity contribution is 7.99. The molecular formula is C17H16N6O3S. The number of nitrogen functional groups attached to an aromatic ring is 1. The molecule has 3 rings (SSSR count). The van der Waals surface area contributed by atoms with Crippen LogP contribution < -0.4 is 11.2 Å². The minimum atomic E-state index is -0.508. The third kappa shape index (κ3) is 4.23. The van der Waals surface area contributed by atoms with Gasteiger partial charge in [0.2, 0.25) is 11.1 Å². The molecule has 0 aliphatic heterocycles. The summed E-state index contributed by atoms with van der Waals surface area (Å²) in [4.78, 5) is 22.6. The van der Waals surface area contributed by atoms with Crippen molar-refractivity contribution in [3.8, 4) is 11.4 Å². The molecule has 3 aromatic rings. The summed E-state index contributed by atoms with van der Waals surface area (Å²) in [6, 6.07) is 13.6. The van der Waals surface area contributed by atoms with Crippen molar-refractivity contribution in [2.75, 3.05) is 16.9 Å². The fourth-order valence-electron chi connectivity index (χ4n) is 2.33. The molecule has 0 aliphatic rings. The van der Waals surface area contributed by atoms with E-state index in [4.69, 9.17) is 5.84 Å². The van der Waals surface area contributed by atoms with Crippen LogP contribution in [-0.4, -0.2) is 31.5 Å². The molecule has 0 radical (unpaired) electrons. The van der Waals surface area contributed by atoms with Gasteiger partial charge in [-0.2, -0.15) is 0 Å². The Labute approximate surface area is 158 Å². The Morgan fingerprint density at radius 2 is 2.00 bits per heavy atom. The van der Waals surface area contributed by atoms with Crippen LogP contribution in [0.2, 0.25) is 0 Å². The first kappa shape index (κ1) is 18.4. The second kappa shape index (κ2) is 7.87. The van der Waals surface area contributed by atoms with Crippen LogP contribution >= 0.6 is 11.8 Å². The van der Waals surface area contributed by atoms with Crippen molar-refractivity contribution < 1.29 is 9.72 Å². The number of nitrogens with zero attached hydrogens (tertiary/aromatic N) is 4. The largest absolute Gasteiger partial charge is 0.335 e. The normalized spacial score (nSPS) is 10.6. The molecular weight excluding hydrogens is 368 g/mol. The number of thioether (sulfide) groups is 1. The molecule has 1 amide bonds. The van der Waals surface area contributed by atoms with E-state index in [1.165, 1.54) is 16.8 Å². The maximum absolute atomic E-state index is 12.2. The average Bonchev–Trinajstić information content (AvgIpc) is 3.03. The summed E-state index contributed by atoms with van der Waals surface area (Å²) >= 11 is 1.12. The smallest absolute Gasteiger partial charge is 0.271 e. The number of benzene rings is 2. The maximum Gasteiger partial charge on any atom is 0.271 e. The molecule has 10 heteroatoms. The third-order valence-electron chi connectivity index (χ3n) is 3.73. The molecule has 0 fully saturated rings. The SMILES string of the molecule is Cc1ccc([N+](=O)[O-])cc1NC(=O)CSc1nnc(-c2ccccc2)n1N. The van der Waals surface area contributed by atoms with E-state index in [1.54, 1.807) is 13.0 Å². The highest BCUT2D eigenvalue weighted by atomic mass is 32.2. The number of nitro benzene ring substituents is 1. The van der Waals surface area contributed by atoms with Gasteiger partial charge in [0, 0.05) is 17.7 Å². The predicted molar refractivity (Wildman–Crippen MR) is 103 cm³/mol. The number of nitrogens with two attached hydrogens (primary N) is 1. The van der Waals surface area contributed by atoms with Crippen LogP contribution in [0.3, 0.4) is 0 Å². The molecule has 0 saturated heterocycles. The fraction of sp³-hybridized carbons (Fsp3) is 0.118. The van der Waals surface area contributed by atoms with Gasteiger partial charge in [0.1, 0.15) is 0 Å². The van der Waals surface area contributed by atoms with Gasteiger partial charge in [0.05, 0.1) is 16.4 Å². The van der Waals surface area contributed by atoms with Crippen molar-refractivity contribution in [3.05, 3.63) is 64.2 Å². The van der Waals surface area contributed by atoms with E-state index < -0.39 is 4.92 Å². The Bertz CT molecular complexity index is 990. The summed E-state index contributed by atoms with van der Waals surface area (Å²) in [5.41, 5.74) is 1.86. The number of aryl methyl sites for hydroxylation is 1. The number of nitro groups is 1. The van der Waals surface area contributed by atoms with Crippen LogP contribution in [0.1, 0.15) is 5.56 Å². The number of non-ortho nitro benzene ring substituents is 1. The first-order valence-corrected chi connectivity index (χ1v) is 8.88. The molecule has 1 aromatic heterocycles. The van der Waals surface area contributed by atoms with Crippen molar-refractivity contribution in [2.45, 2.75) is 12.1 Å². The van der Waals surface area contributed by atoms with Gasteiger partial charge in [0.15, 0.2) is 5.82 Å². The molecule has 0 aliphatic carbocycles. The Morgan fingerprint density at radius 1 is 1.26 bits per heavy atom. The van der Waals surface area contributed by atoms with E-state index in [-0.39, 0.29) is 17.3 Å². The molecule has 0 atom stereocenters.